The van der Waals surface area contributed by atoms with Gasteiger partial charge in [0.05, 0.1) is 6.42 Å². The van der Waals surface area contributed by atoms with E-state index < -0.39 is 11.2 Å². The Bertz CT molecular complexity index is 421. The number of nitrogens with one attached hydrogen (secondary N) is 1. The molecule has 1 rings (SSSR count). The zero-order chi connectivity index (χ0) is 15.0. The molecule has 1 saturated heterocycles. The van der Waals surface area contributed by atoms with Crippen molar-refractivity contribution in [1.82, 2.24) is 5.32 Å². The van der Waals surface area contributed by atoms with Crippen LogP contribution >= 0.6 is 11.8 Å². The second kappa shape index (κ2) is 8.73. The predicted octanol–water partition coefficient (Wildman–Crippen LogP) is 2.40. The largest absolute Gasteiger partial charge is 0.481 e. The molecular formula is C13H21N3O3S. The Labute approximate surface area is 123 Å². The van der Waals surface area contributed by atoms with Crippen molar-refractivity contribution in [3.8, 4) is 0 Å². The molecule has 0 radical (unpaired) electrons. The van der Waals surface area contributed by atoms with Crippen LogP contribution in [0.2, 0.25) is 0 Å². The maximum atomic E-state index is 11.5. The highest BCUT2D eigenvalue weighted by molar-refractivity contribution is 8.15. The Morgan fingerprint density at radius 1 is 1.40 bits per heavy atom. The van der Waals surface area contributed by atoms with Gasteiger partial charge in [-0.05, 0) is 19.8 Å². The Kier molecular flexibility index (Phi) is 7.28. The van der Waals surface area contributed by atoms with Crippen LogP contribution in [0.1, 0.15) is 52.4 Å². The SMILES string of the molecule is CCCCCC/C(C)=N\N=C1\NC(=O)C(CC(=O)O)S1. The van der Waals surface area contributed by atoms with E-state index >= 15 is 0 Å². The lowest BCUT2D eigenvalue weighted by atomic mass is 10.1. The van der Waals surface area contributed by atoms with Crippen LogP contribution in [0.15, 0.2) is 10.2 Å². The Morgan fingerprint density at radius 2 is 2.15 bits per heavy atom. The van der Waals surface area contributed by atoms with Crippen LogP contribution in [-0.4, -0.2) is 33.1 Å². The third-order valence-corrected chi connectivity index (χ3v) is 3.91. The summed E-state index contributed by atoms with van der Waals surface area (Å²) in [7, 11) is 0. The number of amides is 1. The first-order chi connectivity index (χ1) is 9.52. The lowest BCUT2D eigenvalue weighted by Gasteiger charge is -1.99. The number of carbonyl (C=O) groups is 2. The fourth-order valence-electron chi connectivity index (χ4n) is 1.73. The van der Waals surface area contributed by atoms with Crippen molar-refractivity contribution in [2.24, 2.45) is 10.2 Å². The van der Waals surface area contributed by atoms with Crippen molar-refractivity contribution in [3.63, 3.8) is 0 Å². The minimum atomic E-state index is -0.991. The lowest BCUT2D eigenvalue weighted by Crippen LogP contribution is -2.26. The van der Waals surface area contributed by atoms with Crippen molar-refractivity contribution < 1.29 is 14.7 Å². The smallest absolute Gasteiger partial charge is 0.305 e. The van der Waals surface area contributed by atoms with Crippen LogP contribution in [0.5, 0.6) is 0 Å². The number of hydrogen-bond acceptors (Lipinski definition) is 5. The van der Waals surface area contributed by atoms with E-state index in [0.717, 1.165) is 30.3 Å². The van der Waals surface area contributed by atoms with E-state index in [0.29, 0.717) is 5.17 Å². The van der Waals surface area contributed by atoms with Crippen molar-refractivity contribution in [2.75, 3.05) is 0 Å². The molecule has 0 saturated carbocycles. The average molecular weight is 299 g/mol. The average Bonchev–Trinajstić information content (AvgIpc) is 2.72. The molecule has 1 heterocycles. The van der Waals surface area contributed by atoms with Crippen LogP contribution in [0, 0.1) is 0 Å². The first kappa shape index (κ1) is 16.7. The maximum absolute atomic E-state index is 11.5. The first-order valence-electron chi connectivity index (χ1n) is 6.83. The summed E-state index contributed by atoms with van der Waals surface area (Å²) >= 11 is 1.12. The monoisotopic (exact) mass is 299 g/mol. The summed E-state index contributed by atoms with van der Waals surface area (Å²) in [6.45, 7) is 4.08. The number of thioether (sulfide) groups is 1. The molecule has 20 heavy (non-hydrogen) atoms. The molecule has 2 N–H and O–H groups in total. The Morgan fingerprint density at radius 3 is 2.80 bits per heavy atom. The molecule has 0 bridgehead atoms. The van der Waals surface area contributed by atoms with Gasteiger partial charge in [0.25, 0.3) is 0 Å². The van der Waals surface area contributed by atoms with Gasteiger partial charge in [-0.2, -0.15) is 5.10 Å². The fourth-order valence-corrected chi connectivity index (χ4v) is 2.64. The normalized spacial score (nSPS) is 21.3. The number of carboxylic acids is 1. The zero-order valence-electron chi connectivity index (χ0n) is 11.9. The molecule has 7 heteroatoms. The number of carboxylic acid groups (broad SMARTS) is 1. The van der Waals surface area contributed by atoms with Crippen molar-refractivity contribution >= 4 is 34.5 Å². The predicted molar refractivity (Wildman–Crippen MR) is 81.1 cm³/mol. The van der Waals surface area contributed by atoms with Gasteiger partial charge in [-0.25, -0.2) is 0 Å². The van der Waals surface area contributed by atoms with Gasteiger partial charge in [0.2, 0.25) is 5.91 Å². The molecule has 0 aromatic rings. The summed E-state index contributed by atoms with van der Waals surface area (Å²) in [5.41, 5.74) is 0.921. The van der Waals surface area contributed by atoms with Gasteiger partial charge in [0.1, 0.15) is 5.25 Å². The summed E-state index contributed by atoms with van der Waals surface area (Å²) < 4.78 is 0. The summed E-state index contributed by atoms with van der Waals surface area (Å²) in [6.07, 6.45) is 5.40. The van der Waals surface area contributed by atoms with E-state index in [1.54, 1.807) is 0 Å². The molecule has 1 atom stereocenters. The number of hydrogen-bond donors (Lipinski definition) is 2. The van der Waals surface area contributed by atoms with Gasteiger partial charge in [-0.1, -0.05) is 37.9 Å². The van der Waals surface area contributed by atoms with E-state index in [1.165, 1.54) is 19.3 Å². The number of amidine groups is 1. The van der Waals surface area contributed by atoms with Gasteiger partial charge >= 0.3 is 5.97 Å². The summed E-state index contributed by atoms with van der Waals surface area (Å²) in [6, 6.07) is 0. The molecule has 1 aliphatic heterocycles. The third-order valence-electron chi connectivity index (χ3n) is 2.84. The van der Waals surface area contributed by atoms with E-state index in [2.05, 4.69) is 22.4 Å². The third kappa shape index (κ3) is 6.18. The summed E-state index contributed by atoms with van der Waals surface area (Å²) in [5, 5.41) is 19.0. The van der Waals surface area contributed by atoms with Gasteiger partial charge in [0.15, 0.2) is 5.17 Å². The number of unbranched alkanes of at least 4 members (excludes halogenated alkanes) is 3. The van der Waals surface area contributed by atoms with Gasteiger partial charge in [-0.3, -0.25) is 9.59 Å². The second-order valence-corrected chi connectivity index (χ2v) is 5.94. The van der Waals surface area contributed by atoms with E-state index in [1.807, 2.05) is 6.92 Å². The molecule has 0 aromatic heterocycles. The molecule has 1 fully saturated rings. The number of nitrogens with zero attached hydrogens (tertiary/aromatic N) is 2. The highest BCUT2D eigenvalue weighted by atomic mass is 32.2. The van der Waals surface area contributed by atoms with E-state index in [9.17, 15) is 9.59 Å². The van der Waals surface area contributed by atoms with Crippen molar-refractivity contribution in [3.05, 3.63) is 0 Å². The highest BCUT2D eigenvalue weighted by Gasteiger charge is 2.32. The molecule has 1 amide bonds. The van der Waals surface area contributed by atoms with Crippen molar-refractivity contribution in [1.29, 1.82) is 0 Å². The second-order valence-electron chi connectivity index (χ2n) is 4.74. The van der Waals surface area contributed by atoms with Crippen LogP contribution in [-0.2, 0) is 9.59 Å². The molecule has 0 spiro atoms. The van der Waals surface area contributed by atoms with E-state index in [-0.39, 0.29) is 12.3 Å². The summed E-state index contributed by atoms with van der Waals surface area (Å²) in [4.78, 5) is 22.1. The van der Waals surface area contributed by atoms with Crippen LogP contribution < -0.4 is 5.32 Å². The minimum Gasteiger partial charge on any atom is -0.481 e. The lowest BCUT2D eigenvalue weighted by molar-refractivity contribution is -0.138. The fraction of sp³-hybridized carbons (Fsp3) is 0.692. The number of carbonyl (C=O) groups excluding carboxylic acids is 1. The van der Waals surface area contributed by atoms with Crippen molar-refractivity contribution in [2.45, 2.75) is 57.6 Å². The van der Waals surface area contributed by atoms with Crippen LogP contribution in [0.25, 0.3) is 0 Å². The first-order valence-corrected chi connectivity index (χ1v) is 7.71. The highest BCUT2D eigenvalue weighted by Crippen LogP contribution is 2.22. The molecule has 1 aliphatic rings. The quantitative estimate of drug-likeness (QED) is 0.409. The molecule has 6 nitrogen and oxygen atoms in total. The van der Waals surface area contributed by atoms with Crippen LogP contribution in [0.4, 0.5) is 0 Å². The topological polar surface area (TPSA) is 91.1 Å². The molecule has 0 aliphatic carbocycles. The number of rotatable bonds is 8. The summed E-state index contributed by atoms with van der Waals surface area (Å²) in [5.74, 6) is -1.30. The molecule has 1 unspecified atom stereocenters. The van der Waals surface area contributed by atoms with Gasteiger partial charge in [0, 0.05) is 5.71 Å². The molecular weight excluding hydrogens is 278 g/mol. The van der Waals surface area contributed by atoms with Crippen LogP contribution in [0.3, 0.4) is 0 Å². The Hall–Kier alpha value is -1.37. The molecule has 0 aromatic carbocycles. The minimum absolute atomic E-state index is 0.199. The van der Waals surface area contributed by atoms with Gasteiger partial charge in [-0.15, -0.1) is 5.10 Å². The Balaban J connectivity index is 2.42. The standard InChI is InChI=1S/C13H21N3O3S/c1-3-4-5-6-7-9(2)15-16-13-14-12(19)10(20-13)8-11(17)18/h10H,3-8H2,1-2H3,(H,17,18)(H,14,16,19)/b15-9-. The zero-order valence-corrected chi connectivity index (χ0v) is 12.7. The maximum Gasteiger partial charge on any atom is 0.305 e. The van der Waals surface area contributed by atoms with E-state index in [4.69, 9.17) is 5.11 Å². The molecule has 112 valence electrons. The van der Waals surface area contributed by atoms with Gasteiger partial charge < -0.3 is 10.4 Å². The number of aliphatic carboxylic acids is 1.